The molecule has 0 saturated heterocycles. The van der Waals surface area contributed by atoms with Gasteiger partial charge < -0.3 is 20.0 Å². The number of thiophene rings is 8. The van der Waals surface area contributed by atoms with E-state index >= 15 is 0 Å². The van der Waals surface area contributed by atoms with E-state index in [1.54, 1.807) is 51.0 Å². The van der Waals surface area contributed by atoms with Gasteiger partial charge in [-0.2, -0.15) is 5.26 Å². The number of carboxylic acids is 2. The first kappa shape index (κ1) is 91.6. The SMILES string of the molecule is CC(=O)O.CCCCCCCCC1(CCCCCCCC)c2cc(-c3ccc(N(c4ccccc4)c4ccccc4)cc3)sc2-c2sc(-c3ccc(-c4ccc(/C=C(\C#N)C(=O)O)s4)s3)cc21.CCCCCCCCC1(CCCCCCCC)c2cc(-c3ccc(N(c4ccccc4)c4ccccc4)cc3)sc2-c2sc(-c3ccc(-c4ccc(C=O)s4)s3)cc21. The van der Waals surface area contributed by atoms with E-state index in [1.807, 2.05) is 74.9 Å². The standard InChI is InChI=1S/C55H56N2O2S4.C52H55NOS4.C2H4O2/c1-3-5-7-9-11-19-33-55(34-20-12-10-8-6-4-2)45-36-50(39-25-27-43(28-26-39)57(41-21-15-13-16-22-41)42-23-17-14-18-24-42)62-52(45)53-46(55)37-51(63-53)49-32-31-48(61-49)47-30-29-44(60-47)35-40(38-56)54(58)59;1-3-5-7-9-11-19-33-52(34-20-12-10-8-6-4-2)43-35-48(38-25-27-41(28-26-38)53(39-21-15-13-16-22-39)40-23-17-14-18-24-40)57-50(43)51-44(52)36-49(58-51)47-32-31-46(56-47)45-30-29-42(37-54)55-45;1-2(3)4/h13-18,21-32,35-37H,3-12,19-20,33-34H2,1-2H3,(H,58,59);13-18,21-32,35-37H,3-12,19-20,33-34H2,1-2H3;1H3,(H,3,4)/b40-35+;;. The third kappa shape index (κ3) is 22.3. The molecular weight excluding hydrogens is 1690 g/mol. The Labute approximate surface area is 773 Å². The van der Waals surface area contributed by atoms with Gasteiger partial charge in [0.25, 0.3) is 5.97 Å². The van der Waals surface area contributed by atoms with Gasteiger partial charge >= 0.3 is 5.97 Å². The Hall–Kier alpha value is -9.64. The molecule has 0 unspecified atom stereocenters. The third-order valence-electron chi connectivity index (χ3n) is 24.3. The molecule has 14 aromatic rings. The van der Waals surface area contributed by atoms with E-state index in [2.05, 4.69) is 262 Å². The number of nitrogens with zero attached hydrogens (tertiary/aromatic N) is 3. The molecule has 0 bridgehead atoms. The molecule has 125 heavy (non-hydrogen) atoms. The number of fused-ring (bicyclic) bond motifs is 6. The molecule has 0 radical (unpaired) electrons. The number of carbonyl (C=O) groups excluding carboxylic acids is 1. The maximum atomic E-state index is 11.5. The highest BCUT2D eigenvalue weighted by molar-refractivity contribution is 7.30. The summed E-state index contributed by atoms with van der Waals surface area (Å²) < 4.78 is 0. The van der Waals surface area contributed by atoms with Crippen LogP contribution in [0.5, 0.6) is 0 Å². The van der Waals surface area contributed by atoms with E-state index in [1.165, 1.54) is 267 Å². The average Bonchev–Trinajstić information content (AvgIpc) is 1.55. The molecule has 16 heteroatoms. The largest absolute Gasteiger partial charge is 0.481 e. The van der Waals surface area contributed by atoms with Gasteiger partial charge in [0, 0.05) is 125 Å². The van der Waals surface area contributed by atoms with Crippen molar-refractivity contribution in [2.75, 3.05) is 9.80 Å². The molecule has 0 spiro atoms. The topological polar surface area (TPSA) is 122 Å². The maximum Gasteiger partial charge on any atom is 0.346 e. The number of hydrogen-bond donors (Lipinski definition) is 2. The first-order chi connectivity index (χ1) is 61.3. The first-order valence-electron chi connectivity index (χ1n) is 45.3. The number of para-hydroxylation sites is 4. The van der Waals surface area contributed by atoms with Crippen molar-refractivity contribution in [2.24, 2.45) is 0 Å². The quantitative estimate of drug-likeness (QED) is 0.0168. The highest BCUT2D eigenvalue weighted by Crippen LogP contribution is 2.64. The monoisotopic (exact) mass is 1800 g/mol. The molecular formula is C109H115N3O5S8. The Kier molecular flexibility index (Phi) is 33.1. The van der Waals surface area contributed by atoms with Crippen LogP contribution >= 0.6 is 90.7 Å². The van der Waals surface area contributed by atoms with Crippen molar-refractivity contribution in [1.82, 2.24) is 0 Å². The molecule has 16 rings (SSSR count). The van der Waals surface area contributed by atoms with Crippen LogP contribution in [0.3, 0.4) is 0 Å². The minimum Gasteiger partial charge on any atom is -0.481 e. The van der Waals surface area contributed by atoms with Crippen molar-refractivity contribution in [3.8, 4) is 85.5 Å². The summed E-state index contributed by atoms with van der Waals surface area (Å²) in [6.45, 7) is 10.3. The summed E-state index contributed by atoms with van der Waals surface area (Å²) in [6, 6.07) is 90.3. The molecule has 2 N–H and O–H groups in total. The Bertz CT molecular complexity index is 5730. The number of aldehydes is 1. The lowest BCUT2D eigenvalue weighted by Gasteiger charge is -2.31. The minimum absolute atomic E-state index is 0.00128. The summed E-state index contributed by atoms with van der Waals surface area (Å²) in [5.41, 5.74) is 15.5. The zero-order valence-electron chi connectivity index (χ0n) is 72.8. The van der Waals surface area contributed by atoms with Crippen molar-refractivity contribution < 1.29 is 24.6 Å². The van der Waals surface area contributed by atoms with Crippen LogP contribution in [0.15, 0.2) is 248 Å². The van der Waals surface area contributed by atoms with E-state index in [9.17, 15) is 20.0 Å². The average molecular weight is 1800 g/mol. The summed E-state index contributed by atoms with van der Waals surface area (Å²) in [6.07, 6.45) is 38.6. The number of carboxylic acid groups (broad SMARTS) is 2. The van der Waals surface area contributed by atoms with Gasteiger partial charge in [-0.05, 0) is 211 Å². The minimum atomic E-state index is -1.20. The molecule has 6 aromatic carbocycles. The van der Waals surface area contributed by atoms with Crippen LogP contribution in [0.2, 0.25) is 0 Å². The fraction of sp³-hybridized carbons (Fsp3) is 0.321. The van der Waals surface area contributed by atoms with E-state index in [-0.39, 0.29) is 16.4 Å². The summed E-state index contributed by atoms with van der Waals surface area (Å²) in [5, 5.41) is 26.1. The molecule has 0 atom stereocenters. The molecule has 0 aliphatic heterocycles. The second kappa shape index (κ2) is 45.2. The number of hydrogen-bond acceptors (Lipinski definition) is 14. The van der Waals surface area contributed by atoms with Crippen molar-refractivity contribution in [3.05, 3.63) is 280 Å². The van der Waals surface area contributed by atoms with Gasteiger partial charge in [-0.1, -0.05) is 279 Å². The highest BCUT2D eigenvalue weighted by Gasteiger charge is 2.47. The van der Waals surface area contributed by atoms with Gasteiger partial charge in [0.05, 0.1) is 4.88 Å². The fourth-order valence-electron chi connectivity index (χ4n) is 18.0. The Balaban J connectivity index is 0.000000195. The number of rotatable bonds is 43. The van der Waals surface area contributed by atoms with E-state index in [0.717, 1.165) is 66.8 Å². The molecule has 8 nitrogen and oxygen atoms in total. The zero-order valence-corrected chi connectivity index (χ0v) is 79.3. The lowest BCUT2D eigenvalue weighted by Crippen LogP contribution is -2.25. The van der Waals surface area contributed by atoms with E-state index in [0.29, 0.717) is 0 Å². The Morgan fingerprint density at radius 2 is 0.576 bits per heavy atom. The number of anilines is 6. The van der Waals surface area contributed by atoms with Crippen LogP contribution in [0.1, 0.15) is 251 Å². The third-order valence-corrected chi connectivity index (χ3v) is 34.3. The number of nitriles is 1. The van der Waals surface area contributed by atoms with Crippen molar-refractivity contribution >= 4 is 149 Å². The number of carbonyl (C=O) groups is 3. The molecule has 0 fully saturated rings. The van der Waals surface area contributed by atoms with E-state index in [4.69, 9.17) is 9.90 Å². The molecule has 2 aliphatic rings. The van der Waals surface area contributed by atoms with Gasteiger partial charge in [0.1, 0.15) is 11.6 Å². The van der Waals surface area contributed by atoms with Gasteiger partial charge in [-0.15, -0.1) is 90.7 Å². The zero-order chi connectivity index (χ0) is 86.9. The number of aliphatic carboxylic acids is 2. The van der Waals surface area contributed by atoms with Crippen LogP contribution in [0, 0.1) is 11.3 Å². The van der Waals surface area contributed by atoms with Gasteiger partial charge in [-0.3, -0.25) is 9.59 Å². The lowest BCUT2D eigenvalue weighted by molar-refractivity contribution is -0.134. The van der Waals surface area contributed by atoms with E-state index < -0.39 is 11.9 Å². The van der Waals surface area contributed by atoms with Gasteiger partial charge in [0.15, 0.2) is 6.29 Å². The normalized spacial score (nSPS) is 12.6. The summed E-state index contributed by atoms with van der Waals surface area (Å²) in [4.78, 5) is 56.8. The first-order valence-corrected chi connectivity index (χ1v) is 51.8. The molecule has 644 valence electrons. The predicted molar refractivity (Wildman–Crippen MR) is 542 cm³/mol. The maximum absolute atomic E-state index is 11.5. The van der Waals surface area contributed by atoms with Crippen LogP contribution < -0.4 is 9.80 Å². The van der Waals surface area contributed by atoms with Crippen molar-refractivity contribution in [3.63, 3.8) is 0 Å². The van der Waals surface area contributed by atoms with Crippen LogP contribution in [-0.4, -0.2) is 28.4 Å². The van der Waals surface area contributed by atoms with Crippen LogP contribution in [-0.2, 0) is 20.4 Å². The van der Waals surface area contributed by atoms with Crippen molar-refractivity contribution in [1.29, 1.82) is 5.26 Å². The summed E-state index contributed by atoms with van der Waals surface area (Å²) >= 11 is 14.7. The summed E-state index contributed by atoms with van der Waals surface area (Å²) in [5.74, 6) is -2.03. The Morgan fingerprint density at radius 1 is 0.320 bits per heavy atom. The smallest absolute Gasteiger partial charge is 0.346 e. The molecule has 0 saturated carbocycles. The number of unbranched alkanes of at least 4 members (excludes halogenated alkanes) is 20. The Morgan fingerprint density at radius 3 is 0.872 bits per heavy atom. The molecule has 8 heterocycles. The highest BCUT2D eigenvalue weighted by atomic mass is 32.1. The van der Waals surface area contributed by atoms with Crippen molar-refractivity contribution in [2.45, 2.75) is 225 Å². The van der Waals surface area contributed by atoms with Crippen LogP contribution in [0.4, 0.5) is 34.1 Å². The number of benzene rings is 6. The fourth-order valence-corrected chi connectivity index (χ4v) is 27.5. The van der Waals surface area contributed by atoms with Gasteiger partial charge in [0.2, 0.25) is 0 Å². The summed E-state index contributed by atoms with van der Waals surface area (Å²) in [7, 11) is 0. The lowest BCUT2D eigenvalue weighted by atomic mass is 9.71. The second-order valence-corrected chi connectivity index (χ2v) is 41.7. The van der Waals surface area contributed by atoms with Gasteiger partial charge in [-0.25, -0.2) is 4.79 Å². The molecule has 2 aliphatic carbocycles. The second-order valence-electron chi connectivity index (χ2n) is 33.1. The molecule has 0 amide bonds. The predicted octanol–water partition coefficient (Wildman–Crippen LogP) is 36.2. The van der Waals surface area contributed by atoms with Crippen LogP contribution in [0.25, 0.3) is 85.5 Å². The molecule has 8 aromatic heterocycles.